The summed E-state index contributed by atoms with van der Waals surface area (Å²) in [6.45, 7) is 0.210. The number of allylic oxidation sites excluding steroid dienone is 1. The summed E-state index contributed by atoms with van der Waals surface area (Å²) in [5, 5.41) is 9.75. The number of benzene rings is 2. The van der Waals surface area contributed by atoms with Gasteiger partial charge >= 0.3 is 5.97 Å². The summed E-state index contributed by atoms with van der Waals surface area (Å²) in [7, 11) is 0. The molecule has 0 aliphatic carbocycles. The van der Waals surface area contributed by atoms with Gasteiger partial charge in [0.2, 0.25) is 0 Å². The van der Waals surface area contributed by atoms with Gasteiger partial charge in [0.15, 0.2) is 6.61 Å². The van der Waals surface area contributed by atoms with Crippen molar-refractivity contribution in [1.29, 1.82) is 0 Å². The van der Waals surface area contributed by atoms with Crippen LogP contribution >= 0.6 is 11.6 Å². The fourth-order valence-corrected chi connectivity index (χ4v) is 3.30. The van der Waals surface area contributed by atoms with E-state index in [0.717, 1.165) is 11.1 Å². The fraction of sp³-hybridized carbons (Fsp3) is 0.150. The molecule has 0 unspecified atom stereocenters. The number of fused-ring (bicyclic) bond motifs is 2. The minimum Gasteiger partial charge on any atom is -0.482 e. The lowest BCUT2D eigenvalue weighted by Gasteiger charge is -2.06. The highest BCUT2D eigenvalue weighted by Gasteiger charge is 2.20. The van der Waals surface area contributed by atoms with E-state index in [9.17, 15) is 9.59 Å². The van der Waals surface area contributed by atoms with Gasteiger partial charge in [-0.3, -0.25) is 9.36 Å². The van der Waals surface area contributed by atoms with E-state index in [1.54, 1.807) is 34.9 Å². The minimum atomic E-state index is -1.02. The van der Waals surface area contributed by atoms with Gasteiger partial charge in [-0.2, -0.15) is 0 Å². The number of rotatable bonds is 4. The van der Waals surface area contributed by atoms with Crippen LogP contribution in [-0.2, 0) is 11.3 Å². The van der Waals surface area contributed by atoms with Crippen LogP contribution in [-0.4, -0.2) is 27.2 Å². The van der Waals surface area contributed by atoms with Crippen LogP contribution in [0.25, 0.3) is 22.6 Å². The maximum absolute atomic E-state index is 12.7. The zero-order valence-corrected chi connectivity index (χ0v) is 14.9. The second-order valence-electron chi connectivity index (χ2n) is 6.22. The van der Waals surface area contributed by atoms with Crippen molar-refractivity contribution in [3.63, 3.8) is 0 Å². The first kappa shape index (κ1) is 17.3. The molecule has 2 heterocycles. The van der Waals surface area contributed by atoms with Gasteiger partial charge in [-0.15, -0.1) is 0 Å². The molecule has 7 heteroatoms. The lowest BCUT2D eigenvalue weighted by molar-refractivity contribution is -0.139. The van der Waals surface area contributed by atoms with Crippen LogP contribution in [0.15, 0.2) is 47.3 Å². The molecule has 1 aromatic heterocycles. The summed E-state index contributed by atoms with van der Waals surface area (Å²) >= 11 is 6.04. The molecule has 27 heavy (non-hydrogen) atoms. The van der Waals surface area contributed by atoms with Crippen LogP contribution in [0.5, 0.6) is 5.75 Å². The molecule has 0 atom stereocenters. The van der Waals surface area contributed by atoms with Gasteiger partial charge < -0.3 is 9.84 Å². The Bertz CT molecular complexity index is 1130. The standard InChI is InChI=1S/C20H15ClN2O4/c21-14-3-6-16-17(10-14)22-19-13(7-8-23(19)20(16)26)9-12-1-4-15(5-2-12)27-11-18(24)25/h1-6,9-10H,7-8,11H2,(H,24,25). The lowest BCUT2D eigenvalue weighted by Crippen LogP contribution is -2.20. The normalized spacial score (nSPS) is 14.5. The SMILES string of the molecule is O=C(O)COc1ccc(C=C2CCn3c2nc2cc(Cl)ccc2c3=O)cc1. The minimum absolute atomic E-state index is 0.0625. The molecular weight excluding hydrogens is 368 g/mol. The molecule has 0 fully saturated rings. The molecule has 1 N–H and O–H groups in total. The van der Waals surface area contributed by atoms with Gasteiger partial charge in [-0.05, 0) is 54.0 Å². The predicted molar refractivity (Wildman–Crippen MR) is 103 cm³/mol. The zero-order chi connectivity index (χ0) is 19.0. The summed E-state index contributed by atoms with van der Waals surface area (Å²) in [5.74, 6) is 0.120. The summed E-state index contributed by atoms with van der Waals surface area (Å²) in [6.07, 6.45) is 2.69. The van der Waals surface area contributed by atoms with Crippen LogP contribution in [0.1, 0.15) is 17.8 Å². The molecule has 2 aromatic carbocycles. The fourth-order valence-electron chi connectivity index (χ4n) is 3.13. The van der Waals surface area contributed by atoms with E-state index in [-0.39, 0.29) is 12.2 Å². The molecule has 0 spiro atoms. The van der Waals surface area contributed by atoms with Crippen molar-refractivity contribution in [2.75, 3.05) is 6.61 Å². The maximum Gasteiger partial charge on any atom is 0.341 e. The van der Waals surface area contributed by atoms with Crippen molar-refractivity contribution < 1.29 is 14.6 Å². The number of hydrogen-bond acceptors (Lipinski definition) is 4. The van der Waals surface area contributed by atoms with Crippen molar-refractivity contribution in [3.05, 3.63) is 69.2 Å². The third-order valence-electron chi connectivity index (χ3n) is 4.39. The summed E-state index contributed by atoms with van der Waals surface area (Å²) in [4.78, 5) is 27.9. The Morgan fingerprint density at radius 1 is 1.26 bits per heavy atom. The number of carboxylic acid groups (broad SMARTS) is 1. The number of hydrogen-bond donors (Lipinski definition) is 1. The zero-order valence-electron chi connectivity index (χ0n) is 14.2. The number of nitrogens with zero attached hydrogens (tertiary/aromatic N) is 2. The Labute approximate surface area is 159 Å². The topological polar surface area (TPSA) is 81.4 Å². The van der Waals surface area contributed by atoms with E-state index in [0.29, 0.717) is 40.5 Å². The molecule has 3 aromatic rings. The third kappa shape index (κ3) is 3.44. The van der Waals surface area contributed by atoms with Gasteiger partial charge in [-0.1, -0.05) is 23.7 Å². The molecule has 4 rings (SSSR count). The average molecular weight is 383 g/mol. The first-order valence-electron chi connectivity index (χ1n) is 8.37. The van der Waals surface area contributed by atoms with Gasteiger partial charge in [0.1, 0.15) is 11.6 Å². The van der Waals surface area contributed by atoms with Gasteiger partial charge in [0.05, 0.1) is 10.9 Å². The second-order valence-corrected chi connectivity index (χ2v) is 6.66. The Morgan fingerprint density at radius 3 is 2.78 bits per heavy atom. The Hall–Kier alpha value is -3.12. The van der Waals surface area contributed by atoms with Crippen LogP contribution in [0.4, 0.5) is 0 Å². The van der Waals surface area contributed by atoms with Gasteiger partial charge in [0, 0.05) is 11.6 Å². The van der Waals surface area contributed by atoms with Crippen molar-refractivity contribution in [3.8, 4) is 5.75 Å². The first-order chi connectivity index (χ1) is 13.0. The molecule has 1 aliphatic rings. The van der Waals surface area contributed by atoms with Crippen molar-refractivity contribution in [1.82, 2.24) is 9.55 Å². The summed E-state index contributed by atoms with van der Waals surface area (Å²) in [5.41, 5.74) is 2.41. The van der Waals surface area contributed by atoms with Crippen molar-refractivity contribution in [2.24, 2.45) is 0 Å². The number of halogens is 1. The number of ether oxygens (including phenoxy) is 1. The molecule has 1 aliphatic heterocycles. The molecule has 0 amide bonds. The highest BCUT2D eigenvalue weighted by molar-refractivity contribution is 6.31. The molecular formula is C20H15ClN2O4. The molecule has 0 radical (unpaired) electrons. The van der Waals surface area contributed by atoms with E-state index in [2.05, 4.69) is 4.98 Å². The third-order valence-corrected chi connectivity index (χ3v) is 4.63. The van der Waals surface area contributed by atoms with E-state index < -0.39 is 5.97 Å². The Balaban J connectivity index is 1.68. The van der Waals surface area contributed by atoms with E-state index in [4.69, 9.17) is 21.4 Å². The summed E-state index contributed by atoms with van der Waals surface area (Å²) in [6, 6.07) is 12.2. The number of carboxylic acids is 1. The summed E-state index contributed by atoms with van der Waals surface area (Å²) < 4.78 is 6.82. The first-order valence-corrected chi connectivity index (χ1v) is 8.75. The number of aromatic nitrogens is 2. The number of aliphatic carboxylic acids is 1. The molecule has 0 saturated heterocycles. The largest absolute Gasteiger partial charge is 0.482 e. The van der Waals surface area contributed by atoms with Crippen molar-refractivity contribution in [2.45, 2.75) is 13.0 Å². The van der Waals surface area contributed by atoms with Gasteiger partial charge in [0.25, 0.3) is 5.56 Å². The average Bonchev–Trinajstić information content (AvgIpc) is 3.04. The number of carbonyl (C=O) groups is 1. The predicted octanol–water partition coefficient (Wildman–Crippen LogP) is 3.46. The Morgan fingerprint density at radius 2 is 2.04 bits per heavy atom. The molecule has 136 valence electrons. The monoisotopic (exact) mass is 382 g/mol. The smallest absolute Gasteiger partial charge is 0.341 e. The lowest BCUT2D eigenvalue weighted by atomic mass is 10.1. The quantitative estimate of drug-likeness (QED) is 0.747. The Kier molecular flexibility index (Phi) is 4.41. The highest BCUT2D eigenvalue weighted by Crippen LogP contribution is 2.28. The van der Waals surface area contributed by atoms with Crippen LogP contribution < -0.4 is 10.3 Å². The van der Waals surface area contributed by atoms with E-state index in [1.165, 1.54) is 0 Å². The van der Waals surface area contributed by atoms with Crippen molar-refractivity contribution >= 4 is 40.1 Å². The van der Waals surface area contributed by atoms with Crippen LogP contribution in [0.2, 0.25) is 5.02 Å². The highest BCUT2D eigenvalue weighted by atomic mass is 35.5. The van der Waals surface area contributed by atoms with Crippen LogP contribution in [0.3, 0.4) is 0 Å². The molecule has 0 bridgehead atoms. The van der Waals surface area contributed by atoms with E-state index in [1.807, 2.05) is 18.2 Å². The molecule has 6 nitrogen and oxygen atoms in total. The van der Waals surface area contributed by atoms with Gasteiger partial charge in [-0.25, -0.2) is 9.78 Å². The molecule has 0 saturated carbocycles. The second kappa shape index (κ2) is 6.89. The maximum atomic E-state index is 12.7. The van der Waals surface area contributed by atoms with E-state index >= 15 is 0 Å². The van der Waals surface area contributed by atoms with Crippen LogP contribution in [0, 0.1) is 0 Å².